The van der Waals surface area contributed by atoms with Crippen LogP contribution in [-0.2, 0) is 9.59 Å². The zero-order chi connectivity index (χ0) is 31.9. The molecule has 12 heteroatoms. The van der Waals surface area contributed by atoms with Gasteiger partial charge in [-0.25, -0.2) is 14.8 Å². The van der Waals surface area contributed by atoms with Crippen molar-refractivity contribution in [2.75, 3.05) is 13.1 Å². The number of aliphatic imine (C=N–C) groups is 2. The fraction of sp³-hybridized carbons (Fsp3) is 0.484. The Bertz CT molecular complexity index is 1350. The second kappa shape index (κ2) is 19.2. The Morgan fingerprint density at radius 2 is 1.23 bits per heavy atom. The van der Waals surface area contributed by atoms with Crippen molar-refractivity contribution in [1.29, 1.82) is 0 Å². The van der Waals surface area contributed by atoms with Gasteiger partial charge >= 0.3 is 5.97 Å². The highest BCUT2D eigenvalue weighted by Gasteiger charge is 2.22. The number of hydrogen-bond acceptors (Lipinski definition) is 8. The molecule has 0 aromatic carbocycles. The lowest BCUT2D eigenvalue weighted by Crippen LogP contribution is -2.34. The largest absolute Gasteiger partial charge is 0.478 e. The Morgan fingerprint density at radius 3 is 1.65 bits per heavy atom. The molecule has 0 atom stereocenters. The Kier molecular flexibility index (Phi) is 16.5. The summed E-state index contributed by atoms with van der Waals surface area (Å²) >= 11 is 9.80. The van der Waals surface area contributed by atoms with Gasteiger partial charge in [-0.1, -0.05) is 59.8 Å². The summed E-state index contributed by atoms with van der Waals surface area (Å²) in [6.45, 7) is 10.2. The van der Waals surface area contributed by atoms with Gasteiger partial charge in [-0.05, 0) is 69.0 Å². The number of aliphatic carboxylic acids is 1. The number of hydrogen-bond donors (Lipinski definition) is 3. The molecule has 236 valence electrons. The van der Waals surface area contributed by atoms with E-state index in [1.807, 2.05) is 23.1 Å². The Hall–Kier alpha value is -2.28. The molecule has 4 rings (SSSR count). The number of carboxylic acid groups (broad SMARTS) is 1. The number of fused-ring (bicyclic) bond motifs is 2. The maximum absolute atomic E-state index is 12.7. The highest BCUT2D eigenvalue weighted by molar-refractivity contribution is 9.11. The number of amides is 1. The standard InChI is InChI=1S/C15H20BrN3OS.C9H7BrN2O2S.C7H16/c1-3-5-19(6-4-2)15(20)10-7-12-11(9-13(16)21-12)18-14(17)8-10;10-7-3-5-6(15-7)1-4(9(13)14)2-8(11)12-5;1-3-5-7-6-4-2/h7,9H,3-6,8H2,1-2H3,(H2,17,18);1,3H,2H2,(H2,11,12)(H,13,14);3-7H2,1-2H3. The molecule has 0 fully saturated rings. The van der Waals surface area contributed by atoms with E-state index in [9.17, 15) is 9.59 Å². The van der Waals surface area contributed by atoms with Crippen LogP contribution in [0.5, 0.6) is 0 Å². The zero-order valence-corrected chi connectivity index (χ0v) is 30.2. The molecule has 4 heterocycles. The molecule has 0 spiro atoms. The lowest BCUT2D eigenvalue weighted by molar-refractivity contribution is -0.132. The number of carbonyl (C=O) groups is 2. The number of carboxylic acids is 1. The molecule has 5 N–H and O–H groups in total. The summed E-state index contributed by atoms with van der Waals surface area (Å²) in [5.41, 5.74) is 14.1. The van der Waals surface area contributed by atoms with E-state index in [2.05, 4.69) is 69.5 Å². The SMILES string of the molecule is CCCCCCC.CCCN(CCC)C(=O)C1=Cc2sc(Br)cc2N=C(N)C1.NC1=Nc2cc(Br)sc2C=C(C(=O)O)C1. The first kappa shape index (κ1) is 36.9. The quantitative estimate of drug-likeness (QED) is 0.208. The molecular formula is C31H43Br2N5O3S2. The predicted octanol–water partition coefficient (Wildman–Crippen LogP) is 9.28. The smallest absolute Gasteiger partial charge is 0.332 e. The van der Waals surface area contributed by atoms with Crippen LogP contribution in [0, 0.1) is 0 Å². The van der Waals surface area contributed by atoms with Crippen molar-refractivity contribution in [3.8, 4) is 0 Å². The first-order valence-corrected chi connectivity index (χ1v) is 17.9. The van der Waals surface area contributed by atoms with Gasteiger partial charge in [-0.3, -0.25) is 4.79 Å². The lowest BCUT2D eigenvalue weighted by Gasteiger charge is -2.22. The molecule has 0 radical (unpaired) electrons. The van der Waals surface area contributed by atoms with Crippen LogP contribution >= 0.6 is 54.5 Å². The minimum absolute atomic E-state index is 0.0780. The second-order valence-electron chi connectivity index (χ2n) is 10.2. The van der Waals surface area contributed by atoms with Crippen LogP contribution in [0.4, 0.5) is 11.4 Å². The molecular weight excluding hydrogens is 714 g/mol. The minimum atomic E-state index is -0.953. The van der Waals surface area contributed by atoms with Crippen LogP contribution < -0.4 is 11.5 Å². The van der Waals surface area contributed by atoms with E-state index in [1.54, 1.807) is 17.4 Å². The van der Waals surface area contributed by atoms with E-state index in [0.29, 0.717) is 18.1 Å². The zero-order valence-electron chi connectivity index (χ0n) is 25.4. The Labute approximate surface area is 280 Å². The fourth-order valence-electron chi connectivity index (χ4n) is 4.32. The third-order valence-corrected chi connectivity index (χ3v) is 9.48. The molecule has 2 aromatic rings. The summed E-state index contributed by atoms with van der Waals surface area (Å²) in [6.07, 6.45) is 13.1. The number of nitrogens with two attached hydrogens (primary N) is 2. The monoisotopic (exact) mass is 755 g/mol. The molecule has 0 unspecified atom stereocenters. The molecule has 43 heavy (non-hydrogen) atoms. The van der Waals surface area contributed by atoms with E-state index in [0.717, 1.165) is 60.2 Å². The molecule has 2 aliphatic rings. The van der Waals surface area contributed by atoms with Crippen LogP contribution in [0.3, 0.4) is 0 Å². The number of nitrogens with zero attached hydrogens (tertiary/aromatic N) is 3. The van der Waals surface area contributed by atoms with Gasteiger partial charge in [-0.15, -0.1) is 22.7 Å². The van der Waals surface area contributed by atoms with Crippen molar-refractivity contribution in [1.82, 2.24) is 4.90 Å². The highest BCUT2D eigenvalue weighted by Crippen LogP contribution is 2.38. The van der Waals surface area contributed by atoms with Crippen molar-refractivity contribution in [2.24, 2.45) is 21.5 Å². The van der Waals surface area contributed by atoms with Crippen LogP contribution in [0.1, 0.15) is 95.2 Å². The van der Waals surface area contributed by atoms with Gasteiger partial charge in [0, 0.05) is 37.1 Å². The van der Waals surface area contributed by atoms with Crippen molar-refractivity contribution in [3.05, 3.63) is 40.6 Å². The van der Waals surface area contributed by atoms with Crippen LogP contribution in [0.2, 0.25) is 0 Å². The van der Waals surface area contributed by atoms with Crippen molar-refractivity contribution >= 4 is 102 Å². The molecule has 0 saturated carbocycles. The van der Waals surface area contributed by atoms with Gasteiger partial charge < -0.3 is 21.5 Å². The van der Waals surface area contributed by atoms with Crippen LogP contribution in [0.25, 0.3) is 12.2 Å². The topological polar surface area (TPSA) is 134 Å². The van der Waals surface area contributed by atoms with Crippen LogP contribution in [-0.4, -0.2) is 46.6 Å². The third-order valence-electron chi connectivity index (χ3n) is 6.33. The summed E-state index contributed by atoms with van der Waals surface area (Å²) in [4.78, 5) is 35.9. The lowest BCUT2D eigenvalue weighted by atomic mass is 10.1. The second-order valence-corrected chi connectivity index (χ2v) is 15.1. The van der Waals surface area contributed by atoms with Crippen molar-refractivity contribution in [2.45, 2.75) is 85.5 Å². The molecule has 2 aromatic heterocycles. The fourth-order valence-corrected chi connectivity index (χ4v) is 7.38. The van der Waals surface area contributed by atoms with Gasteiger partial charge in [0.15, 0.2) is 0 Å². The van der Waals surface area contributed by atoms with Gasteiger partial charge in [0.05, 0.1) is 28.7 Å². The van der Waals surface area contributed by atoms with E-state index >= 15 is 0 Å². The van der Waals surface area contributed by atoms with Crippen molar-refractivity contribution in [3.63, 3.8) is 0 Å². The number of halogens is 2. The summed E-state index contributed by atoms with van der Waals surface area (Å²) in [5.74, 6) is -0.0564. The molecule has 1 amide bonds. The summed E-state index contributed by atoms with van der Waals surface area (Å²) < 4.78 is 1.90. The van der Waals surface area contributed by atoms with E-state index < -0.39 is 5.97 Å². The van der Waals surface area contributed by atoms with Crippen molar-refractivity contribution < 1.29 is 14.7 Å². The van der Waals surface area contributed by atoms with Gasteiger partial charge in [0.25, 0.3) is 0 Å². The molecule has 8 nitrogen and oxygen atoms in total. The third kappa shape index (κ3) is 12.3. The number of amidine groups is 2. The Morgan fingerprint density at radius 1 is 0.791 bits per heavy atom. The number of carbonyl (C=O) groups excluding carboxylic acids is 1. The van der Waals surface area contributed by atoms with Gasteiger partial charge in [-0.2, -0.15) is 0 Å². The molecule has 0 aliphatic carbocycles. The Balaban J connectivity index is 0.000000255. The summed E-state index contributed by atoms with van der Waals surface area (Å²) in [6, 6.07) is 3.76. The molecule has 2 aliphatic heterocycles. The number of unbranched alkanes of at least 4 members (excludes halogenated alkanes) is 4. The predicted molar refractivity (Wildman–Crippen MR) is 191 cm³/mol. The van der Waals surface area contributed by atoms with E-state index in [-0.39, 0.29) is 17.9 Å². The molecule has 0 bridgehead atoms. The summed E-state index contributed by atoms with van der Waals surface area (Å²) in [7, 11) is 0. The van der Waals surface area contributed by atoms with Crippen LogP contribution in [0.15, 0.2) is 40.8 Å². The van der Waals surface area contributed by atoms with Gasteiger partial charge in [0.2, 0.25) is 5.91 Å². The van der Waals surface area contributed by atoms with E-state index in [4.69, 9.17) is 16.6 Å². The maximum Gasteiger partial charge on any atom is 0.332 e. The molecule has 0 saturated heterocycles. The van der Waals surface area contributed by atoms with Gasteiger partial charge in [0.1, 0.15) is 11.7 Å². The first-order valence-electron chi connectivity index (χ1n) is 14.7. The normalized spacial score (nSPS) is 13.6. The first-order chi connectivity index (χ1) is 20.5. The average Bonchev–Trinajstić information content (AvgIpc) is 3.36. The minimum Gasteiger partial charge on any atom is -0.478 e. The van der Waals surface area contributed by atoms with E-state index in [1.165, 1.54) is 43.4 Å². The highest BCUT2D eigenvalue weighted by atomic mass is 79.9. The number of rotatable bonds is 10. The average molecular weight is 758 g/mol. The summed E-state index contributed by atoms with van der Waals surface area (Å²) in [5, 5.41) is 8.93. The maximum atomic E-state index is 12.7. The number of thiophene rings is 2.